The molecule has 4 heteroatoms. The molecule has 0 atom stereocenters. The van der Waals surface area contributed by atoms with Gasteiger partial charge in [-0.25, -0.2) is 0 Å². The molecule has 1 N–H and O–H groups in total. The van der Waals surface area contributed by atoms with Crippen LogP contribution in [0.1, 0.15) is 12.5 Å². The summed E-state index contributed by atoms with van der Waals surface area (Å²) in [5, 5.41) is 4.59. The third-order valence-corrected chi connectivity index (χ3v) is 3.14. The largest absolute Gasteiger partial charge is 0.380 e. The van der Waals surface area contributed by atoms with E-state index in [1.54, 1.807) is 6.07 Å². The zero-order valence-electron chi connectivity index (χ0n) is 9.58. The number of nitrogens with one attached hydrogen (secondary N) is 1. The van der Waals surface area contributed by atoms with Crippen molar-refractivity contribution in [2.75, 3.05) is 5.32 Å². The number of anilines is 1. The maximum Gasteiger partial charge on any atom is 0.0652 e. The fourth-order valence-electron chi connectivity index (χ4n) is 1.62. The van der Waals surface area contributed by atoms with Crippen molar-refractivity contribution in [1.82, 2.24) is 4.57 Å². The summed E-state index contributed by atoms with van der Waals surface area (Å²) < 4.78 is 2.14. The van der Waals surface area contributed by atoms with Gasteiger partial charge in [0.1, 0.15) is 0 Å². The Kier molecular flexibility index (Phi) is 3.97. The van der Waals surface area contributed by atoms with E-state index in [1.165, 1.54) is 5.56 Å². The van der Waals surface area contributed by atoms with Gasteiger partial charge in [0, 0.05) is 30.5 Å². The van der Waals surface area contributed by atoms with E-state index in [0.29, 0.717) is 10.0 Å². The normalized spacial score (nSPS) is 10.5. The highest BCUT2D eigenvalue weighted by Crippen LogP contribution is 2.25. The van der Waals surface area contributed by atoms with E-state index in [4.69, 9.17) is 23.2 Å². The molecular weight excluding hydrogens is 255 g/mol. The fourth-order valence-corrected chi connectivity index (χ4v) is 2.10. The minimum absolute atomic E-state index is 0.646. The average Bonchev–Trinajstić information content (AvgIpc) is 2.76. The van der Waals surface area contributed by atoms with Gasteiger partial charge in [0.2, 0.25) is 0 Å². The lowest BCUT2D eigenvalue weighted by atomic mass is 10.3. The number of rotatable bonds is 4. The van der Waals surface area contributed by atoms with Gasteiger partial charge in [-0.05, 0) is 36.8 Å². The molecule has 0 fully saturated rings. The van der Waals surface area contributed by atoms with Crippen molar-refractivity contribution in [3.63, 3.8) is 0 Å². The standard InChI is InChI=1S/C13H14Cl2N2/c1-2-17-6-5-10(9-17)8-16-13-4-3-11(14)7-12(13)15/h3-7,9,16H,2,8H2,1H3. The molecule has 0 radical (unpaired) electrons. The fraction of sp³-hybridized carbons (Fsp3) is 0.231. The lowest BCUT2D eigenvalue weighted by Gasteiger charge is -2.07. The Morgan fingerprint density at radius 3 is 2.71 bits per heavy atom. The van der Waals surface area contributed by atoms with Crippen molar-refractivity contribution in [3.05, 3.63) is 52.3 Å². The number of aryl methyl sites for hydroxylation is 1. The summed E-state index contributed by atoms with van der Waals surface area (Å²) in [6, 6.07) is 7.55. The van der Waals surface area contributed by atoms with Crippen LogP contribution in [0.2, 0.25) is 10.0 Å². The first-order chi connectivity index (χ1) is 8.19. The monoisotopic (exact) mass is 268 g/mol. The molecule has 0 bridgehead atoms. The van der Waals surface area contributed by atoms with Gasteiger partial charge in [0.05, 0.1) is 10.7 Å². The summed E-state index contributed by atoms with van der Waals surface area (Å²) >= 11 is 11.9. The van der Waals surface area contributed by atoms with Crippen LogP contribution >= 0.6 is 23.2 Å². The number of aromatic nitrogens is 1. The first kappa shape index (κ1) is 12.3. The van der Waals surface area contributed by atoms with Crippen molar-refractivity contribution in [3.8, 4) is 0 Å². The molecule has 90 valence electrons. The van der Waals surface area contributed by atoms with Gasteiger partial charge in [-0.3, -0.25) is 0 Å². The summed E-state index contributed by atoms with van der Waals surface area (Å²) in [7, 11) is 0. The third-order valence-electron chi connectivity index (χ3n) is 2.59. The summed E-state index contributed by atoms with van der Waals surface area (Å²) in [4.78, 5) is 0. The molecule has 17 heavy (non-hydrogen) atoms. The Labute approximate surface area is 111 Å². The van der Waals surface area contributed by atoms with Crippen molar-refractivity contribution in [2.24, 2.45) is 0 Å². The first-order valence-electron chi connectivity index (χ1n) is 5.52. The summed E-state index contributed by atoms with van der Waals surface area (Å²) in [6.07, 6.45) is 4.19. The first-order valence-corrected chi connectivity index (χ1v) is 6.28. The molecule has 1 aromatic carbocycles. The molecule has 0 aliphatic rings. The van der Waals surface area contributed by atoms with Crippen LogP contribution in [0.3, 0.4) is 0 Å². The predicted molar refractivity (Wildman–Crippen MR) is 73.9 cm³/mol. The van der Waals surface area contributed by atoms with Crippen LogP contribution in [0.25, 0.3) is 0 Å². The van der Waals surface area contributed by atoms with E-state index in [9.17, 15) is 0 Å². The molecule has 1 heterocycles. The van der Waals surface area contributed by atoms with Crippen LogP contribution in [0.5, 0.6) is 0 Å². The highest BCUT2D eigenvalue weighted by atomic mass is 35.5. The van der Waals surface area contributed by atoms with E-state index in [-0.39, 0.29) is 0 Å². The van der Waals surface area contributed by atoms with Crippen LogP contribution in [0, 0.1) is 0 Å². The molecule has 0 aliphatic carbocycles. The second-order valence-corrected chi connectivity index (χ2v) is 4.67. The second kappa shape index (κ2) is 5.48. The Balaban J connectivity index is 2.02. The molecule has 0 amide bonds. The Morgan fingerprint density at radius 1 is 1.24 bits per heavy atom. The van der Waals surface area contributed by atoms with Crippen molar-refractivity contribution in [2.45, 2.75) is 20.0 Å². The summed E-state index contributed by atoms with van der Waals surface area (Å²) in [5.74, 6) is 0. The van der Waals surface area contributed by atoms with Gasteiger partial charge < -0.3 is 9.88 Å². The van der Waals surface area contributed by atoms with Crippen LogP contribution < -0.4 is 5.32 Å². The minimum atomic E-state index is 0.646. The van der Waals surface area contributed by atoms with Gasteiger partial charge >= 0.3 is 0 Å². The quantitative estimate of drug-likeness (QED) is 0.868. The SMILES string of the molecule is CCn1ccc(CNc2ccc(Cl)cc2Cl)c1. The number of nitrogens with zero attached hydrogens (tertiary/aromatic N) is 1. The number of halogens is 2. The van der Waals surface area contributed by atoms with Crippen molar-refractivity contribution in [1.29, 1.82) is 0 Å². The smallest absolute Gasteiger partial charge is 0.0652 e. The predicted octanol–water partition coefficient (Wildman–Crippen LogP) is 4.43. The molecular formula is C13H14Cl2N2. The molecule has 0 saturated heterocycles. The number of hydrogen-bond donors (Lipinski definition) is 1. The zero-order chi connectivity index (χ0) is 12.3. The van der Waals surface area contributed by atoms with E-state index in [2.05, 4.69) is 35.3 Å². The van der Waals surface area contributed by atoms with E-state index < -0.39 is 0 Å². The molecule has 2 rings (SSSR count). The van der Waals surface area contributed by atoms with Gasteiger partial charge in [-0.2, -0.15) is 0 Å². The van der Waals surface area contributed by atoms with Crippen molar-refractivity contribution >= 4 is 28.9 Å². The van der Waals surface area contributed by atoms with Gasteiger partial charge in [0.25, 0.3) is 0 Å². The van der Waals surface area contributed by atoms with E-state index in [0.717, 1.165) is 18.8 Å². The van der Waals surface area contributed by atoms with Crippen LogP contribution in [-0.2, 0) is 13.1 Å². The molecule has 1 aromatic heterocycles. The van der Waals surface area contributed by atoms with Crippen LogP contribution in [0.15, 0.2) is 36.7 Å². The topological polar surface area (TPSA) is 17.0 Å². The highest BCUT2D eigenvalue weighted by Gasteiger charge is 2.01. The van der Waals surface area contributed by atoms with Crippen LogP contribution in [0.4, 0.5) is 5.69 Å². The Morgan fingerprint density at radius 2 is 2.06 bits per heavy atom. The van der Waals surface area contributed by atoms with Crippen LogP contribution in [-0.4, -0.2) is 4.57 Å². The summed E-state index contributed by atoms with van der Waals surface area (Å²) in [5.41, 5.74) is 2.14. The Hall–Kier alpha value is -1.12. The average molecular weight is 269 g/mol. The highest BCUT2D eigenvalue weighted by molar-refractivity contribution is 6.36. The molecule has 0 spiro atoms. The number of benzene rings is 1. The zero-order valence-corrected chi connectivity index (χ0v) is 11.1. The minimum Gasteiger partial charge on any atom is -0.380 e. The molecule has 2 aromatic rings. The van der Waals surface area contributed by atoms with Crippen molar-refractivity contribution < 1.29 is 0 Å². The van der Waals surface area contributed by atoms with Gasteiger partial charge in [-0.15, -0.1) is 0 Å². The molecule has 2 nitrogen and oxygen atoms in total. The van der Waals surface area contributed by atoms with E-state index >= 15 is 0 Å². The molecule has 0 aliphatic heterocycles. The molecule has 0 saturated carbocycles. The second-order valence-electron chi connectivity index (χ2n) is 3.83. The van der Waals surface area contributed by atoms with Gasteiger partial charge in [0.15, 0.2) is 0 Å². The third kappa shape index (κ3) is 3.18. The lowest BCUT2D eigenvalue weighted by molar-refractivity contribution is 0.766. The maximum absolute atomic E-state index is 6.08. The Bertz CT molecular complexity index is 506. The lowest BCUT2D eigenvalue weighted by Crippen LogP contribution is -1.99. The van der Waals surface area contributed by atoms with Gasteiger partial charge in [-0.1, -0.05) is 23.2 Å². The molecule has 0 unspecified atom stereocenters. The maximum atomic E-state index is 6.08. The summed E-state index contributed by atoms with van der Waals surface area (Å²) in [6.45, 7) is 3.86. The number of hydrogen-bond acceptors (Lipinski definition) is 1. The van der Waals surface area contributed by atoms with E-state index in [1.807, 2.05) is 12.1 Å².